The summed E-state index contributed by atoms with van der Waals surface area (Å²) in [4.78, 5) is 27.8. The van der Waals surface area contributed by atoms with Gasteiger partial charge in [-0.1, -0.05) is 45.9 Å². The fraction of sp³-hybridized carbons (Fsp3) is 0.571. The first-order valence-electron chi connectivity index (χ1n) is 9.57. The van der Waals surface area contributed by atoms with Gasteiger partial charge in [0.15, 0.2) is 5.78 Å². The van der Waals surface area contributed by atoms with Crippen LogP contribution in [0.25, 0.3) is 10.9 Å². The number of nitrogens with zero attached hydrogens (tertiary/aromatic N) is 2. The zero-order valence-electron chi connectivity index (χ0n) is 16.5. The molecule has 6 heteroatoms. The Balaban J connectivity index is 1.73. The van der Waals surface area contributed by atoms with Crippen molar-refractivity contribution in [2.24, 2.45) is 16.7 Å². The maximum absolute atomic E-state index is 13.3. The predicted molar refractivity (Wildman–Crippen MR) is 104 cm³/mol. The molecule has 3 rings (SSSR count). The molecule has 0 radical (unpaired) electrons. The van der Waals surface area contributed by atoms with Gasteiger partial charge in [-0.25, -0.2) is 0 Å². The summed E-state index contributed by atoms with van der Waals surface area (Å²) in [7, 11) is 0. The molecule has 0 bridgehead atoms. The third-order valence-electron chi connectivity index (χ3n) is 6.58. The van der Waals surface area contributed by atoms with Crippen LogP contribution in [-0.2, 0) is 11.4 Å². The van der Waals surface area contributed by atoms with Crippen LogP contribution in [0.15, 0.2) is 30.5 Å². The molecule has 1 heterocycles. The molecule has 0 N–H and O–H groups in total. The van der Waals surface area contributed by atoms with Gasteiger partial charge in [-0.05, 0) is 36.2 Å². The smallest absolute Gasteiger partial charge is 0.294 e. The first kappa shape index (κ1) is 19.4. The van der Waals surface area contributed by atoms with Crippen molar-refractivity contribution in [2.45, 2.75) is 53.5 Å². The predicted octanol–water partition coefficient (Wildman–Crippen LogP) is 4.88. The second-order valence-corrected chi connectivity index (χ2v) is 8.61. The van der Waals surface area contributed by atoms with E-state index in [4.69, 9.17) is 0 Å². The van der Waals surface area contributed by atoms with Gasteiger partial charge in [0, 0.05) is 35.1 Å². The fourth-order valence-electron chi connectivity index (χ4n) is 4.34. The summed E-state index contributed by atoms with van der Waals surface area (Å²) in [6.07, 6.45) is 4.36. The van der Waals surface area contributed by atoms with Gasteiger partial charge in [-0.3, -0.25) is 4.79 Å². The Labute approximate surface area is 159 Å². The zero-order valence-corrected chi connectivity index (χ0v) is 16.5. The number of aromatic nitrogens is 1. The number of ketones is 1. The second-order valence-electron chi connectivity index (χ2n) is 8.61. The molecular formula is C21H28N2O4. The first-order chi connectivity index (χ1) is 12.7. The number of hydrogen-bond acceptors (Lipinski definition) is 4. The van der Waals surface area contributed by atoms with Crippen molar-refractivity contribution < 1.29 is 14.7 Å². The number of aryl methyl sites for hydroxylation is 1. The lowest BCUT2D eigenvalue weighted by Crippen LogP contribution is -2.07. The van der Waals surface area contributed by atoms with E-state index in [2.05, 4.69) is 37.1 Å². The molecule has 0 unspecified atom stereocenters. The van der Waals surface area contributed by atoms with Crippen LogP contribution in [0.5, 0.6) is 0 Å². The van der Waals surface area contributed by atoms with Gasteiger partial charge in [-0.15, -0.1) is 10.1 Å². The van der Waals surface area contributed by atoms with E-state index < -0.39 is 5.09 Å². The van der Waals surface area contributed by atoms with Gasteiger partial charge in [-0.2, -0.15) is 0 Å². The Morgan fingerprint density at radius 1 is 1.15 bits per heavy atom. The highest BCUT2D eigenvalue weighted by Gasteiger charge is 2.68. The van der Waals surface area contributed by atoms with Gasteiger partial charge in [0.1, 0.15) is 0 Å². The summed E-state index contributed by atoms with van der Waals surface area (Å²) in [5.41, 5.74) is 1.92. The molecular weight excluding hydrogens is 344 g/mol. The quantitative estimate of drug-likeness (QED) is 0.272. The highest BCUT2D eigenvalue weighted by molar-refractivity contribution is 6.11. The lowest BCUT2D eigenvalue weighted by molar-refractivity contribution is -0.757. The molecule has 27 heavy (non-hydrogen) atoms. The molecule has 1 fully saturated rings. The Kier molecular flexibility index (Phi) is 5.02. The van der Waals surface area contributed by atoms with Crippen LogP contribution in [0, 0.1) is 26.9 Å². The minimum atomic E-state index is -0.752. The SMILES string of the molecule is CC1(C)C(C(=O)c2cn(CCCCCO[N+](=O)[O-])c3ccccc23)C1(C)C. The number of fused-ring (bicyclic) bond motifs is 1. The molecule has 1 saturated carbocycles. The van der Waals surface area contributed by atoms with Gasteiger partial charge in [0.05, 0.1) is 6.61 Å². The second kappa shape index (κ2) is 6.98. The molecule has 0 aliphatic heterocycles. The zero-order chi connectivity index (χ0) is 19.8. The number of para-hydroxylation sites is 1. The number of carbonyl (C=O) groups is 1. The van der Waals surface area contributed by atoms with E-state index in [9.17, 15) is 14.9 Å². The van der Waals surface area contributed by atoms with Crippen LogP contribution >= 0.6 is 0 Å². The number of unbranched alkanes of at least 4 members (excludes halogenated alkanes) is 2. The fourth-order valence-corrected chi connectivity index (χ4v) is 4.34. The Morgan fingerprint density at radius 3 is 2.44 bits per heavy atom. The summed E-state index contributed by atoms with van der Waals surface area (Å²) in [6, 6.07) is 8.03. The average Bonchev–Trinajstić information content (AvgIpc) is 2.89. The highest BCUT2D eigenvalue weighted by Crippen LogP contribution is 2.69. The molecule has 1 aliphatic rings. The maximum Gasteiger partial charge on any atom is 0.294 e. The average molecular weight is 372 g/mol. The summed E-state index contributed by atoms with van der Waals surface area (Å²) < 4.78 is 2.14. The topological polar surface area (TPSA) is 74.4 Å². The monoisotopic (exact) mass is 372 g/mol. The summed E-state index contributed by atoms with van der Waals surface area (Å²) in [5, 5.41) is 10.4. The minimum absolute atomic E-state index is 0.0182. The number of benzene rings is 1. The van der Waals surface area contributed by atoms with Gasteiger partial charge < -0.3 is 9.40 Å². The van der Waals surface area contributed by atoms with E-state index >= 15 is 0 Å². The van der Waals surface area contributed by atoms with E-state index in [1.54, 1.807) is 0 Å². The summed E-state index contributed by atoms with van der Waals surface area (Å²) in [6.45, 7) is 9.59. The van der Waals surface area contributed by atoms with E-state index in [1.165, 1.54) is 0 Å². The van der Waals surface area contributed by atoms with Crippen LogP contribution < -0.4 is 0 Å². The number of Topliss-reactive ketones (excluding diaryl/α,β-unsaturated/α-hetero) is 1. The first-order valence-corrected chi connectivity index (χ1v) is 9.57. The highest BCUT2D eigenvalue weighted by atomic mass is 16.9. The van der Waals surface area contributed by atoms with Crippen molar-refractivity contribution in [1.82, 2.24) is 4.57 Å². The number of rotatable bonds is 9. The van der Waals surface area contributed by atoms with Crippen molar-refractivity contribution >= 4 is 16.7 Å². The lowest BCUT2D eigenvalue weighted by Gasteiger charge is -2.05. The van der Waals surface area contributed by atoms with Crippen molar-refractivity contribution in [3.05, 3.63) is 46.1 Å². The summed E-state index contributed by atoms with van der Waals surface area (Å²) in [5.74, 6) is 0.280. The molecule has 146 valence electrons. The Bertz CT molecular complexity index is 852. The third kappa shape index (κ3) is 3.45. The van der Waals surface area contributed by atoms with E-state index in [0.717, 1.165) is 35.9 Å². The molecule has 0 amide bonds. The van der Waals surface area contributed by atoms with E-state index in [1.807, 2.05) is 30.5 Å². The van der Waals surface area contributed by atoms with E-state index in [0.29, 0.717) is 6.42 Å². The third-order valence-corrected chi connectivity index (χ3v) is 6.58. The Hall–Kier alpha value is -2.37. The number of carbonyl (C=O) groups excluding carboxylic acids is 1. The molecule has 0 spiro atoms. The summed E-state index contributed by atoms with van der Waals surface area (Å²) >= 11 is 0. The van der Waals surface area contributed by atoms with Crippen molar-refractivity contribution in [3.8, 4) is 0 Å². The molecule has 2 aromatic rings. The standard InChI is InChI=1S/C21H28N2O4/c1-20(2)19(21(20,3)4)18(24)16-14-22(17-11-7-6-10-15(16)17)12-8-5-9-13-27-23(25)26/h6-7,10-11,14,19H,5,8-9,12-13H2,1-4H3. The molecule has 1 aromatic carbocycles. The van der Waals surface area contributed by atoms with Crippen molar-refractivity contribution in [1.29, 1.82) is 0 Å². The van der Waals surface area contributed by atoms with Gasteiger partial charge in [0.25, 0.3) is 5.09 Å². The minimum Gasteiger partial charge on any atom is -0.347 e. The van der Waals surface area contributed by atoms with Crippen LogP contribution in [-0.4, -0.2) is 22.0 Å². The van der Waals surface area contributed by atoms with Crippen molar-refractivity contribution in [3.63, 3.8) is 0 Å². The molecule has 0 saturated heterocycles. The van der Waals surface area contributed by atoms with Crippen LogP contribution in [0.1, 0.15) is 57.3 Å². The molecule has 0 atom stereocenters. The molecule has 1 aromatic heterocycles. The maximum atomic E-state index is 13.3. The van der Waals surface area contributed by atoms with Crippen LogP contribution in [0.2, 0.25) is 0 Å². The van der Waals surface area contributed by atoms with Crippen molar-refractivity contribution in [2.75, 3.05) is 6.61 Å². The van der Waals surface area contributed by atoms with Crippen LogP contribution in [0.4, 0.5) is 0 Å². The number of hydrogen-bond donors (Lipinski definition) is 0. The largest absolute Gasteiger partial charge is 0.347 e. The van der Waals surface area contributed by atoms with Crippen LogP contribution in [0.3, 0.4) is 0 Å². The Morgan fingerprint density at radius 2 is 1.81 bits per heavy atom. The normalized spacial score (nSPS) is 17.8. The van der Waals surface area contributed by atoms with E-state index in [-0.39, 0.29) is 29.1 Å². The van der Waals surface area contributed by atoms with Gasteiger partial charge in [0.2, 0.25) is 0 Å². The lowest BCUT2D eigenvalue weighted by atomic mass is 10.0. The molecule has 6 nitrogen and oxygen atoms in total. The van der Waals surface area contributed by atoms with Gasteiger partial charge >= 0.3 is 0 Å². The molecule has 1 aliphatic carbocycles.